The fourth-order valence-electron chi connectivity index (χ4n) is 8.67. The van der Waals surface area contributed by atoms with Gasteiger partial charge in [0.1, 0.15) is 30.7 Å². The number of fused-ring (bicyclic) bond motifs is 5. The summed E-state index contributed by atoms with van der Waals surface area (Å²) in [7, 11) is -9.52. The van der Waals surface area contributed by atoms with E-state index >= 15 is 0 Å². The molecule has 10 rings (SSSR count). The highest BCUT2D eigenvalue weighted by atomic mass is 31.2. The van der Waals surface area contributed by atoms with Gasteiger partial charge in [-0.2, -0.15) is 9.97 Å². The number of anilines is 4. The van der Waals surface area contributed by atoms with Crippen molar-refractivity contribution in [1.29, 1.82) is 0 Å². The van der Waals surface area contributed by atoms with Crippen molar-refractivity contribution in [2.75, 3.05) is 27.9 Å². The van der Waals surface area contributed by atoms with Gasteiger partial charge in [-0.1, -0.05) is 68.4 Å². The fourth-order valence-corrected chi connectivity index (χ4v) is 11.3. The zero-order chi connectivity index (χ0) is 51.2. The highest BCUT2D eigenvalue weighted by molar-refractivity contribution is 7.53. The largest absolute Gasteiger partial charge is 0.425 e. The highest BCUT2D eigenvalue weighted by Crippen LogP contribution is 2.54. The first-order valence-electron chi connectivity index (χ1n) is 22.9. The molecular weight excluding hydrogens is 993 g/mol. The number of carbonyl (C=O) groups is 3. The molecule has 4 aromatic heterocycles. The van der Waals surface area contributed by atoms with E-state index in [0.29, 0.717) is 16.9 Å². The Balaban J connectivity index is 0.940. The molecule has 0 spiro atoms. The Morgan fingerprint density at radius 1 is 0.699 bits per heavy atom. The SMILES string of the molecule is CC(C)C(=O)Nc1nc(OC(=O)N(c2ccccc2)c2ccccc2)c2ncn(C3OC4CCP(=O)(O)OC5C(CCP(=O)(O)OC3C4O)OC(n3cnc4c(NC(=O)c6ccccc6)ncnc43)C5O)c2n1. The topological polar surface area (TPSA) is 327 Å². The van der Waals surface area contributed by atoms with Crippen molar-refractivity contribution in [2.24, 2.45) is 5.92 Å². The van der Waals surface area contributed by atoms with Crippen LogP contribution in [0, 0.1) is 5.92 Å². The molecule has 10 unspecified atom stereocenters. The number of benzene rings is 3. The van der Waals surface area contributed by atoms with Crippen molar-refractivity contribution >= 4 is 78.6 Å². The van der Waals surface area contributed by atoms with Gasteiger partial charge in [0.15, 0.2) is 40.6 Å². The lowest BCUT2D eigenvalue weighted by Gasteiger charge is -2.26. The van der Waals surface area contributed by atoms with Crippen LogP contribution in [-0.2, 0) is 32.4 Å². The number of amides is 3. The van der Waals surface area contributed by atoms with E-state index < -0.39 is 106 Å². The summed E-state index contributed by atoms with van der Waals surface area (Å²) in [5.74, 6) is -2.18. The lowest BCUT2D eigenvalue weighted by Crippen LogP contribution is -2.34. The molecule has 3 aliphatic heterocycles. The van der Waals surface area contributed by atoms with Crippen LogP contribution < -0.4 is 20.3 Å². The average molecular weight is 1040 g/mol. The number of aliphatic hydroxyl groups excluding tert-OH is 2. The van der Waals surface area contributed by atoms with E-state index in [1.807, 2.05) is 0 Å². The zero-order valence-corrected chi connectivity index (χ0v) is 40.5. The minimum Gasteiger partial charge on any atom is -0.388 e. The van der Waals surface area contributed by atoms with Gasteiger partial charge in [0.2, 0.25) is 11.9 Å². The van der Waals surface area contributed by atoms with Crippen LogP contribution >= 0.6 is 15.2 Å². The number of rotatable bonds is 9. The number of para-hydroxylation sites is 2. The number of aromatic nitrogens is 8. The summed E-state index contributed by atoms with van der Waals surface area (Å²) in [6.07, 6.45) is -11.6. The third-order valence-corrected chi connectivity index (χ3v) is 15.1. The lowest BCUT2D eigenvalue weighted by atomic mass is 10.1. The van der Waals surface area contributed by atoms with Crippen LogP contribution in [0.3, 0.4) is 0 Å². The number of carbonyl (C=O) groups excluding carboxylic acids is 3. The van der Waals surface area contributed by atoms with Crippen LogP contribution in [0.2, 0.25) is 0 Å². The lowest BCUT2D eigenvalue weighted by molar-refractivity contribution is -0.118. The number of aliphatic hydroxyl groups is 2. The summed E-state index contributed by atoms with van der Waals surface area (Å²) in [4.78, 5) is 90.4. The normalized spacial score (nSPS) is 27.4. The van der Waals surface area contributed by atoms with Gasteiger partial charge in [-0.15, -0.1) is 0 Å². The van der Waals surface area contributed by atoms with Crippen LogP contribution in [0.15, 0.2) is 110 Å². The molecule has 0 saturated carbocycles. The quantitative estimate of drug-likeness (QED) is 0.0999. The molecule has 0 radical (unpaired) electrons. The Morgan fingerprint density at radius 3 is 1.92 bits per heavy atom. The van der Waals surface area contributed by atoms with Crippen LogP contribution in [0.4, 0.5) is 27.9 Å². The minimum absolute atomic E-state index is 0.0480. The molecule has 3 amide bonds. The first-order valence-corrected chi connectivity index (χ1v) is 26.5. The van der Waals surface area contributed by atoms with Gasteiger partial charge >= 0.3 is 21.3 Å². The predicted octanol–water partition coefficient (Wildman–Crippen LogP) is 5.30. The standard InChI is InChI=1S/C46H47N11O14P2/c1-25(2)40(60)53-45-52-39-32(42(54-45)69-46(62)57(27-14-8-4-9-15-27)28-16-10-5-11-17-28)50-24-56(39)44-36-33(58)29(67-44)18-20-72(63,64)70-35-30(19-21-73(65,66)71-36)68-43(34(35)59)55-23-49-31-37(47-22-48-38(31)55)51-41(61)26-12-6-3-7-13-26/h3-17,22-25,29-30,33-36,43-44,58-59H,18-21H2,1-2H3,(H,63,64)(H,65,66)(H,47,48,51,61)(H,52,53,54,60). The number of nitrogens with zero attached hydrogens (tertiary/aromatic N) is 9. The molecule has 10 atom stereocenters. The van der Waals surface area contributed by atoms with Crippen LogP contribution in [0.5, 0.6) is 5.88 Å². The number of nitrogens with one attached hydrogen (secondary N) is 2. The maximum atomic E-state index is 14.2. The first-order chi connectivity index (χ1) is 35.0. The monoisotopic (exact) mass is 1040 g/mol. The maximum Gasteiger partial charge on any atom is 0.425 e. The van der Waals surface area contributed by atoms with Gasteiger partial charge in [0.25, 0.3) is 11.8 Å². The van der Waals surface area contributed by atoms with Crippen molar-refractivity contribution in [3.63, 3.8) is 0 Å². The Hall–Kier alpha value is -6.89. The number of hydrogen-bond acceptors (Lipinski definition) is 18. The van der Waals surface area contributed by atoms with Gasteiger partial charge in [-0.05, 0) is 49.2 Å². The van der Waals surface area contributed by atoms with Crippen molar-refractivity contribution in [3.8, 4) is 5.88 Å². The summed E-state index contributed by atoms with van der Waals surface area (Å²) < 4.78 is 60.7. The average Bonchev–Trinajstić information content (AvgIpc) is 4.15. The van der Waals surface area contributed by atoms with E-state index in [1.54, 1.807) is 105 Å². The summed E-state index contributed by atoms with van der Waals surface area (Å²) in [6.45, 7) is 3.27. The Morgan fingerprint density at radius 2 is 1.27 bits per heavy atom. The third kappa shape index (κ3) is 10.2. The van der Waals surface area contributed by atoms with Crippen molar-refractivity contribution < 1.29 is 66.8 Å². The van der Waals surface area contributed by atoms with Gasteiger partial charge in [-0.25, -0.2) is 29.6 Å². The molecule has 2 bridgehead atoms. The van der Waals surface area contributed by atoms with Gasteiger partial charge in [0.05, 0.1) is 48.6 Å². The summed E-state index contributed by atoms with van der Waals surface area (Å²) in [5, 5.41) is 28.8. The van der Waals surface area contributed by atoms with Gasteiger partial charge in [-0.3, -0.25) is 42.2 Å². The molecule has 3 aliphatic rings. The highest BCUT2D eigenvalue weighted by Gasteiger charge is 2.53. The molecule has 3 aromatic carbocycles. The molecule has 73 heavy (non-hydrogen) atoms. The van der Waals surface area contributed by atoms with E-state index in [1.165, 1.54) is 26.7 Å². The number of imidazole rings is 2. The van der Waals surface area contributed by atoms with Gasteiger partial charge in [0, 0.05) is 11.5 Å². The van der Waals surface area contributed by atoms with E-state index in [0.717, 1.165) is 6.33 Å². The van der Waals surface area contributed by atoms with Crippen molar-refractivity contribution in [1.82, 2.24) is 39.0 Å². The molecular formula is C46H47N11O14P2. The van der Waals surface area contributed by atoms with E-state index in [4.69, 9.17) is 23.3 Å². The molecule has 6 N–H and O–H groups in total. The fraction of sp³-hybridized carbons (Fsp3) is 0.326. The minimum atomic E-state index is -4.81. The van der Waals surface area contributed by atoms with E-state index in [2.05, 4.69) is 40.5 Å². The molecule has 7 heterocycles. The van der Waals surface area contributed by atoms with Crippen molar-refractivity contribution in [2.45, 2.75) is 75.8 Å². The molecule has 3 fully saturated rings. The van der Waals surface area contributed by atoms with E-state index in [-0.39, 0.29) is 46.9 Å². The maximum absolute atomic E-state index is 14.2. The Labute approximate surface area is 414 Å². The Kier molecular flexibility index (Phi) is 13.7. The predicted molar refractivity (Wildman–Crippen MR) is 258 cm³/mol. The summed E-state index contributed by atoms with van der Waals surface area (Å²) >= 11 is 0. The first kappa shape index (κ1) is 49.7. The van der Waals surface area contributed by atoms with Crippen molar-refractivity contribution in [3.05, 3.63) is 116 Å². The molecule has 7 aromatic rings. The van der Waals surface area contributed by atoms with Gasteiger partial charge < -0.3 is 39.5 Å². The van der Waals surface area contributed by atoms with Crippen LogP contribution in [0.25, 0.3) is 22.3 Å². The summed E-state index contributed by atoms with van der Waals surface area (Å²) in [5.41, 5.74) is 1.21. The van der Waals surface area contributed by atoms with Crippen LogP contribution in [-0.4, -0.2) is 126 Å². The molecule has 25 nitrogen and oxygen atoms in total. The number of ether oxygens (including phenoxy) is 3. The zero-order valence-electron chi connectivity index (χ0n) is 38.7. The third-order valence-electron chi connectivity index (χ3n) is 12.3. The van der Waals surface area contributed by atoms with Crippen LogP contribution in [0.1, 0.15) is 49.5 Å². The molecule has 380 valence electrons. The molecule has 0 aliphatic carbocycles. The number of hydrogen-bond donors (Lipinski definition) is 6. The van der Waals surface area contributed by atoms with E-state index in [9.17, 15) is 43.5 Å². The molecule has 3 saturated heterocycles. The second kappa shape index (κ2) is 20.2. The second-order valence-electron chi connectivity index (χ2n) is 17.6. The second-order valence-corrected chi connectivity index (χ2v) is 21.5. The molecule has 27 heteroatoms. The smallest absolute Gasteiger partial charge is 0.388 e. The Bertz CT molecular complexity index is 3240. The summed E-state index contributed by atoms with van der Waals surface area (Å²) in [6, 6.07) is 25.7.